The first kappa shape index (κ1) is 17.8. The van der Waals surface area contributed by atoms with E-state index in [9.17, 15) is 12.9 Å². The molecule has 0 aliphatic carbocycles. The van der Waals surface area contributed by atoms with Crippen LogP contribution in [0.15, 0.2) is 17.4 Å². The zero-order chi connectivity index (χ0) is 12.3. The molecule has 0 fully saturated rings. The molecule has 0 bridgehead atoms. The van der Waals surface area contributed by atoms with Crippen molar-refractivity contribution in [1.82, 2.24) is 9.88 Å². The Labute approximate surface area is 146 Å². The van der Waals surface area contributed by atoms with Crippen LogP contribution in [0.25, 0.3) is 0 Å². The van der Waals surface area contributed by atoms with Crippen molar-refractivity contribution in [1.29, 1.82) is 0 Å². The molecule has 1 aromatic heterocycles. The topological polar surface area (TPSA) is 16.1 Å². The molecule has 0 saturated carbocycles. The van der Waals surface area contributed by atoms with Crippen LogP contribution in [0.2, 0.25) is 0 Å². The Bertz CT molecular complexity index is 381. The van der Waals surface area contributed by atoms with E-state index in [0.717, 1.165) is 10.7 Å². The molecule has 0 saturated heterocycles. The molecule has 0 radical (unpaired) electrons. The van der Waals surface area contributed by atoms with E-state index in [4.69, 9.17) is 0 Å². The van der Waals surface area contributed by atoms with Gasteiger partial charge in [0.1, 0.15) is 0 Å². The summed E-state index contributed by atoms with van der Waals surface area (Å²) >= 11 is 1.49. The first-order chi connectivity index (χ1) is 7.29. The minimum atomic E-state index is -4.93. The van der Waals surface area contributed by atoms with Crippen LogP contribution in [-0.4, -0.2) is 30.5 Å². The largest absolute Gasteiger partial charge is 1.00 e. The normalized spacial score (nSPS) is 11.4. The number of likely N-dealkylation sites (N-methyl/N-ethyl adjacent to an activating group) is 1. The summed E-state index contributed by atoms with van der Waals surface area (Å²) in [5, 5.41) is 2.77. The molecule has 0 aliphatic rings. The van der Waals surface area contributed by atoms with Crippen LogP contribution in [0, 0.1) is 6.92 Å². The molecule has 1 heterocycles. The third kappa shape index (κ3) is 6.51. The van der Waals surface area contributed by atoms with Gasteiger partial charge in [0.2, 0.25) is 0 Å². The van der Waals surface area contributed by atoms with Gasteiger partial charge < -0.3 is 12.9 Å². The van der Waals surface area contributed by atoms with E-state index >= 15 is 0 Å². The third-order valence-electron chi connectivity index (χ3n) is 2.03. The molecule has 2 nitrogen and oxygen atoms in total. The summed E-state index contributed by atoms with van der Waals surface area (Å²) in [5.41, 5.74) is 0.127. The zero-order valence-corrected chi connectivity index (χ0v) is 14.2. The predicted molar refractivity (Wildman–Crippen MR) is 61.4 cm³/mol. The van der Waals surface area contributed by atoms with Crippen molar-refractivity contribution in [3.8, 4) is 0 Å². The van der Waals surface area contributed by atoms with Crippen LogP contribution >= 0.6 is 11.3 Å². The fraction of sp³-hybridized carbons (Fsp3) is 0.444. The van der Waals surface area contributed by atoms with Gasteiger partial charge in [-0.05, 0) is 20.5 Å². The number of aromatic nitrogens is 1. The number of halogens is 3. The quantitative estimate of drug-likeness (QED) is 0.699. The maximum Gasteiger partial charge on any atom is 1.00 e. The van der Waals surface area contributed by atoms with Crippen LogP contribution in [0.1, 0.15) is 10.7 Å². The molecule has 1 aromatic rings. The van der Waals surface area contributed by atoms with Gasteiger partial charge in [0.05, 0.1) is 10.7 Å². The van der Waals surface area contributed by atoms with Crippen LogP contribution < -0.4 is 51.4 Å². The van der Waals surface area contributed by atoms with Gasteiger partial charge in [-0.3, -0.25) is 4.90 Å². The van der Waals surface area contributed by atoms with Gasteiger partial charge in [-0.25, -0.2) is 4.98 Å². The number of hydrogen-bond donors (Lipinski definition) is 0. The average Bonchev–Trinajstić information content (AvgIpc) is 2.49. The Morgan fingerprint density at radius 2 is 2.12 bits per heavy atom. The van der Waals surface area contributed by atoms with E-state index in [-0.39, 0.29) is 57.9 Å². The Morgan fingerprint density at radius 3 is 2.53 bits per heavy atom. The molecule has 0 N–H and O–H groups in total. The summed E-state index contributed by atoms with van der Waals surface area (Å²) in [6.07, 6.45) is 0. The van der Waals surface area contributed by atoms with Crippen LogP contribution in [0.4, 0.5) is 12.9 Å². The van der Waals surface area contributed by atoms with Gasteiger partial charge in [0, 0.05) is 11.9 Å². The molecule has 0 aliphatic heterocycles. The van der Waals surface area contributed by atoms with E-state index in [1.54, 1.807) is 11.9 Å². The van der Waals surface area contributed by atoms with Gasteiger partial charge in [-0.2, -0.15) is 0 Å². The van der Waals surface area contributed by atoms with Crippen molar-refractivity contribution >= 4 is 18.3 Å². The first-order valence-corrected chi connectivity index (χ1v) is 5.64. The molecule has 0 amide bonds. The summed E-state index contributed by atoms with van der Waals surface area (Å²) in [4.78, 5) is 5.75. The molecule has 0 atom stereocenters. The monoisotopic (exact) mass is 288 g/mol. The molecular formula is C9H13BF3KN2S. The van der Waals surface area contributed by atoms with Crippen LogP contribution in [0.5, 0.6) is 0 Å². The van der Waals surface area contributed by atoms with Crippen LogP contribution in [-0.2, 0) is 6.54 Å². The van der Waals surface area contributed by atoms with E-state index < -0.39 is 12.4 Å². The Kier molecular flexibility index (Phi) is 7.78. The number of aryl methyl sites for hydroxylation is 1. The average molecular weight is 288 g/mol. The van der Waals surface area contributed by atoms with Gasteiger partial charge >= 0.3 is 58.4 Å². The molecule has 0 spiro atoms. The maximum absolute atomic E-state index is 12.3. The summed E-state index contributed by atoms with van der Waals surface area (Å²) in [7, 11) is 1.63. The van der Waals surface area contributed by atoms with Gasteiger partial charge in [-0.15, -0.1) is 23.4 Å². The minimum Gasteiger partial charge on any atom is -0.445 e. The molecule has 0 aromatic carbocycles. The number of hydrogen-bond acceptors (Lipinski definition) is 3. The minimum absolute atomic E-state index is 0. The summed E-state index contributed by atoms with van der Waals surface area (Å²) in [6.45, 7) is 0.236. The zero-order valence-electron chi connectivity index (χ0n) is 10.2. The second-order valence-electron chi connectivity index (χ2n) is 3.76. The van der Waals surface area contributed by atoms with Gasteiger partial charge in [0.15, 0.2) is 0 Å². The molecule has 0 unspecified atom stereocenters. The number of thiazole rings is 1. The Morgan fingerprint density at radius 1 is 1.53 bits per heavy atom. The first-order valence-electron chi connectivity index (χ1n) is 4.76. The van der Waals surface area contributed by atoms with E-state index in [1.165, 1.54) is 11.3 Å². The second kappa shape index (κ2) is 7.42. The molecule has 17 heavy (non-hydrogen) atoms. The van der Waals surface area contributed by atoms with Crippen molar-refractivity contribution in [2.75, 3.05) is 13.6 Å². The summed E-state index contributed by atoms with van der Waals surface area (Å²) in [6, 6.07) is 0. The third-order valence-corrected chi connectivity index (χ3v) is 2.86. The number of rotatable bonds is 5. The van der Waals surface area contributed by atoms with Crippen molar-refractivity contribution < 1.29 is 64.3 Å². The van der Waals surface area contributed by atoms with Crippen molar-refractivity contribution in [2.45, 2.75) is 13.5 Å². The van der Waals surface area contributed by atoms with E-state index in [2.05, 4.69) is 11.6 Å². The Hall–Kier alpha value is 0.821. The SMILES string of the molecule is C=C(CN(C)Cc1csc(C)n1)[B-](F)(F)F.[K+]. The number of nitrogens with zero attached hydrogens (tertiary/aromatic N) is 2. The van der Waals surface area contributed by atoms with Gasteiger partial charge in [-0.1, -0.05) is 0 Å². The van der Waals surface area contributed by atoms with Crippen molar-refractivity contribution in [3.05, 3.63) is 28.1 Å². The fourth-order valence-electron chi connectivity index (χ4n) is 1.26. The second-order valence-corrected chi connectivity index (χ2v) is 4.83. The summed E-state index contributed by atoms with van der Waals surface area (Å²) in [5.74, 6) is 0. The van der Waals surface area contributed by atoms with Crippen LogP contribution in [0.3, 0.4) is 0 Å². The van der Waals surface area contributed by atoms with E-state index in [1.807, 2.05) is 12.3 Å². The van der Waals surface area contributed by atoms with E-state index in [0.29, 0.717) is 6.54 Å². The van der Waals surface area contributed by atoms with Crippen molar-refractivity contribution in [2.24, 2.45) is 0 Å². The summed E-state index contributed by atoms with van der Waals surface area (Å²) < 4.78 is 36.8. The standard InChI is InChI=1S/C9H13BF3N2S.K/c1-7(10(11,12)13)4-15(3)5-9-6-16-8(2)14-9;/h6H,1,4-5H2,2-3H3;/q-1;+1. The predicted octanol–water partition coefficient (Wildman–Crippen LogP) is -0.170. The molecular weight excluding hydrogens is 275 g/mol. The smallest absolute Gasteiger partial charge is 0.445 e. The Balaban J connectivity index is 0.00000256. The molecule has 90 valence electrons. The fourth-order valence-corrected chi connectivity index (χ4v) is 1.87. The maximum atomic E-state index is 12.3. The molecule has 1 rings (SSSR count). The van der Waals surface area contributed by atoms with Gasteiger partial charge in [0.25, 0.3) is 0 Å². The molecule has 8 heteroatoms. The van der Waals surface area contributed by atoms with Crippen molar-refractivity contribution in [3.63, 3.8) is 0 Å².